The van der Waals surface area contributed by atoms with Gasteiger partial charge in [-0.1, -0.05) is 43.3 Å². The van der Waals surface area contributed by atoms with Gasteiger partial charge >= 0.3 is 6.18 Å². The van der Waals surface area contributed by atoms with Gasteiger partial charge in [0.25, 0.3) is 0 Å². The Morgan fingerprint density at radius 3 is 2.42 bits per heavy atom. The summed E-state index contributed by atoms with van der Waals surface area (Å²) in [7, 11) is 1.11. The van der Waals surface area contributed by atoms with Crippen LogP contribution in [0.3, 0.4) is 0 Å². The van der Waals surface area contributed by atoms with Gasteiger partial charge in [-0.2, -0.15) is 22.8 Å². The van der Waals surface area contributed by atoms with E-state index in [1.807, 2.05) is 36.4 Å². The van der Waals surface area contributed by atoms with Crippen molar-refractivity contribution in [2.75, 3.05) is 7.11 Å². The van der Waals surface area contributed by atoms with Crippen LogP contribution in [0.5, 0.6) is 11.5 Å². The zero-order valence-electron chi connectivity index (χ0n) is 21.1. The van der Waals surface area contributed by atoms with E-state index < -0.39 is 47.1 Å². The Bertz CT molecular complexity index is 1370. The van der Waals surface area contributed by atoms with Gasteiger partial charge < -0.3 is 14.2 Å². The maximum absolute atomic E-state index is 14.7. The molecule has 0 amide bonds. The molecule has 0 radical (unpaired) electrons. The molecule has 200 valence electrons. The molecular weight excluding hydrogens is 507 g/mol. The Hall–Kier alpha value is -3.71. The van der Waals surface area contributed by atoms with Crippen LogP contribution >= 0.6 is 0 Å². The molecule has 0 spiro atoms. The summed E-state index contributed by atoms with van der Waals surface area (Å²) in [5.41, 5.74) is -1.43. The normalized spacial score (nSPS) is 23.2. The lowest BCUT2D eigenvalue weighted by Gasteiger charge is -2.32. The van der Waals surface area contributed by atoms with Crippen molar-refractivity contribution >= 4 is 0 Å². The third-order valence-electron chi connectivity index (χ3n) is 7.14. The Kier molecular flexibility index (Phi) is 7.35. The first kappa shape index (κ1) is 27.3. The number of rotatable bonds is 6. The van der Waals surface area contributed by atoms with Crippen LogP contribution < -0.4 is 9.47 Å². The predicted molar refractivity (Wildman–Crippen MR) is 128 cm³/mol. The molecule has 38 heavy (non-hydrogen) atoms. The second kappa shape index (κ2) is 10.2. The summed E-state index contributed by atoms with van der Waals surface area (Å²) in [6.45, 7) is 3.88. The fraction of sp³-hybridized carbons (Fsp3) is 0.357. The highest BCUT2D eigenvalue weighted by molar-refractivity contribution is 5.49. The van der Waals surface area contributed by atoms with E-state index in [0.29, 0.717) is 0 Å². The second-order valence-electron chi connectivity index (χ2n) is 9.33. The Morgan fingerprint density at radius 2 is 1.82 bits per heavy atom. The molecule has 0 bridgehead atoms. The molecule has 1 fully saturated rings. The Morgan fingerprint density at radius 1 is 1.13 bits per heavy atom. The van der Waals surface area contributed by atoms with E-state index in [1.165, 1.54) is 26.0 Å². The van der Waals surface area contributed by atoms with Crippen molar-refractivity contribution in [1.82, 2.24) is 4.98 Å². The average molecular weight is 533 g/mol. The molecule has 1 aromatic heterocycles. The quantitative estimate of drug-likeness (QED) is 0.322. The minimum absolute atomic E-state index is 0.00689. The number of hydrogen-bond acceptors (Lipinski definition) is 5. The summed E-state index contributed by atoms with van der Waals surface area (Å²) in [6.07, 6.45) is -6.14. The van der Waals surface area contributed by atoms with Gasteiger partial charge in [0.2, 0.25) is 5.82 Å². The van der Waals surface area contributed by atoms with Crippen molar-refractivity contribution in [2.45, 2.75) is 51.2 Å². The molecule has 1 aliphatic rings. The lowest BCUT2D eigenvalue weighted by molar-refractivity contribution is -0.275. The standard InChI is InChI=1S/C28H25F5N2O3/c1-15-23(18-10-11-20(29)24(30)25(18)36-4)26(38-27(15,3)28(31,32)33)21-12-22(19(13-34)16(2)35-21)37-14-17-8-6-5-7-9-17/h5-12,15,23,26H,14H2,1-4H3/t15-,23-,26-,27+/m0/s1. The van der Waals surface area contributed by atoms with E-state index in [-0.39, 0.29) is 34.9 Å². The van der Waals surface area contributed by atoms with Crippen molar-refractivity contribution < 1.29 is 36.2 Å². The number of pyridine rings is 1. The molecule has 4 rings (SSSR count). The van der Waals surface area contributed by atoms with E-state index in [2.05, 4.69) is 4.98 Å². The fourth-order valence-electron chi connectivity index (χ4n) is 4.87. The van der Waals surface area contributed by atoms with Gasteiger partial charge in [0, 0.05) is 23.5 Å². The minimum atomic E-state index is -4.79. The predicted octanol–water partition coefficient (Wildman–Crippen LogP) is 6.94. The van der Waals surface area contributed by atoms with E-state index in [0.717, 1.165) is 25.7 Å². The summed E-state index contributed by atoms with van der Waals surface area (Å²) in [5, 5.41) is 9.70. The van der Waals surface area contributed by atoms with Crippen molar-refractivity contribution in [3.8, 4) is 17.6 Å². The zero-order valence-corrected chi connectivity index (χ0v) is 21.1. The lowest BCUT2D eigenvalue weighted by atomic mass is 9.76. The number of ether oxygens (including phenoxy) is 3. The minimum Gasteiger partial charge on any atom is -0.493 e. The molecule has 10 heteroatoms. The molecule has 1 aliphatic heterocycles. The van der Waals surface area contributed by atoms with E-state index in [1.54, 1.807) is 0 Å². The van der Waals surface area contributed by atoms with Gasteiger partial charge in [-0.25, -0.2) is 4.39 Å². The number of halogens is 5. The second-order valence-corrected chi connectivity index (χ2v) is 9.33. The third kappa shape index (κ3) is 4.67. The van der Waals surface area contributed by atoms with Gasteiger partial charge in [0.1, 0.15) is 30.1 Å². The largest absolute Gasteiger partial charge is 0.493 e. The number of benzene rings is 2. The van der Waals surface area contributed by atoms with E-state index >= 15 is 0 Å². The van der Waals surface area contributed by atoms with Crippen LogP contribution in [0.4, 0.5) is 22.0 Å². The summed E-state index contributed by atoms with van der Waals surface area (Å²) in [5.74, 6) is -5.28. The summed E-state index contributed by atoms with van der Waals surface area (Å²) in [6, 6.07) is 14.5. The van der Waals surface area contributed by atoms with E-state index in [9.17, 15) is 27.2 Å². The Labute approximate surface area is 216 Å². The third-order valence-corrected chi connectivity index (χ3v) is 7.14. The van der Waals surface area contributed by atoms with Crippen molar-refractivity contribution in [3.63, 3.8) is 0 Å². The molecule has 2 aromatic carbocycles. The maximum Gasteiger partial charge on any atom is 0.417 e. The summed E-state index contributed by atoms with van der Waals surface area (Å²) >= 11 is 0. The van der Waals surface area contributed by atoms with Gasteiger partial charge in [-0.05, 0) is 25.5 Å². The number of aromatic nitrogens is 1. The number of alkyl halides is 3. The van der Waals surface area contributed by atoms with Crippen molar-refractivity contribution in [2.24, 2.45) is 5.92 Å². The maximum atomic E-state index is 14.7. The smallest absolute Gasteiger partial charge is 0.417 e. The molecule has 0 N–H and O–H groups in total. The van der Waals surface area contributed by atoms with Crippen LogP contribution in [-0.2, 0) is 11.3 Å². The zero-order chi connectivity index (χ0) is 27.8. The van der Waals surface area contributed by atoms with Crippen LogP contribution in [0.15, 0.2) is 48.5 Å². The van der Waals surface area contributed by atoms with Crippen LogP contribution in [0, 0.1) is 35.8 Å². The molecule has 0 saturated carbocycles. The summed E-state index contributed by atoms with van der Waals surface area (Å²) < 4.78 is 88.2. The molecule has 2 heterocycles. The van der Waals surface area contributed by atoms with Gasteiger partial charge in [0.15, 0.2) is 17.2 Å². The van der Waals surface area contributed by atoms with E-state index in [4.69, 9.17) is 14.2 Å². The fourth-order valence-corrected chi connectivity index (χ4v) is 4.87. The summed E-state index contributed by atoms with van der Waals surface area (Å²) in [4.78, 5) is 4.39. The van der Waals surface area contributed by atoms with Gasteiger partial charge in [0.05, 0.1) is 18.5 Å². The monoisotopic (exact) mass is 532 g/mol. The van der Waals surface area contributed by atoms with Crippen molar-refractivity contribution in [1.29, 1.82) is 5.26 Å². The molecule has 1 saturated heterocycles. The number of nitriles is 1. The molecular formula is C28H25F5N2O3. The molecule has 3 aromatic rings. The Balaban J connectivity index is 1.86. The molecule has 4 atom stereocenters. The number of methoxy groups -OCH3 is 1. The highest BCUT2D eigenvalue weighted by Crippen LogP contribution is 2.59. The first-order valence-corrected chi connectivity index (χ1v) is 11.8. The lowest BCUT2D eigenvalue weighted by Crippen LogP contribution is -2.46. The number of nitrogens with zero attached hydrogens (tertiary/aromatic N) is 2. The van der Waals surface area contributed by atoms with Crippen LogP contribution in [0.2, 0.25) is 0 Å². The van der Waals surface area contributed by atoms with Crippen LogP contribution in [0.25, 0.3) is 0 Å². The molecule has 0 unspecified atom stereocenters. The average Bonchev–Trinajstić information content (AvgIpc) is 3.16. The molecule has 5 nitrogen and oxygen atoms in total. The van der Waals surface area contributed by atoms with Crippen LogP contribution in [-0.4, -0.2) is 23.9 Å². The SMILES string of the molecule is COc1c([C@H]2[C@H](c3cc(OCc4ccccc4)c(C#N)c(C)n3)O[C@@](C)(C(F)(F)F)[C@H]2C)ccc(F)c1F. The highest BCUT2D eigenvalue weighted by Gasteiger charge is 2.65. The number of aryl methyl sites for hydroxylation is 1. The number of hydrogen-bond donors (Lipinski definition) is 0. The highest BCUT2D eigenvalue weighted by atomic mass is 19.4. The van der Waals surface area contributed by atoms with Crippen LogP contribution in [0.1, 0.15) is 53.9 Å². The molecule has 0 aliphatic carbocycles. The topological polar surface area (TPSA) is 64.4 Å². The van der Waals surface area contributed by atoms with Gasteiger partial charge in [-0.15, -0.1) is 0 Å². The van der Waals surface area contributed by atoms with Crippen molar-refractivity contribution in [3.05, 3.63) is 88.2 Å². The first-order valence-electron chi connectivity index (χ1n) is 11.8. The first-order chi connectivity index (χ1) is 17.9. The van der Waals surface area contributed by atoms with Gasteiger partial charge in [-0.3, -0.25) is 4.98 Å².